The third-order valence-corrected chi connectivity index (χ3v) is 4.27. The third kappa shape index (κ3) is 5.53. The van der Waals surface area contributed by atoms with Gasteiger partial charge in [-0.25, -0.2) is 0 Å². The fourth-order valence-electron chi connectivity index (χ4n) is 2.63. The number of likely N-dealkylation sites (N-methyl/N-ethyl adjacent to an activating group) is 1. The van der Waals surface area contributed by atoms with Gasteiger partial charge in [0.25, 0.3) is 5.91 Å². The number of nitrogens with two attached hydrogens (primary N) is 1. The normalized spacial score (nSPS) is 11.5. The first kappa shape index (κ1) is 20.4. The van der Waals surface area contributed by atoms with Crippen molar-refractivity contribution in [1.82, 2.24) is 4.90 Å². The Bertz CT molecular complexity index is 839. The number of aryl methyl sites for hydroxylation is 1. The molecule has 0 aliphatic heterocycles. The van der Waals surface area contributed by atoms with Crippen LogP contribution in [0.3, 0.4) is 0 Å². The number of amides is 1. The zero-order valence-corrected chi connectivity index (χ0v) is 16.4. The van der Waals surface area contributed by atoms with Crippen LogP contribution in [0, 0.1) is 6.92 Å². The van der Waals surface area contributed by atoms with Gasteiger partial charge < -0.3 is 15.5 Å². The Labute approximate surface area is 161 Å². The standard InChI is InChI=1S/C22H27N3O2/c1-16-9-11-19(12-10-16)25(14-13-24(3)4)22(27)20(17(2)26)15-18-7-5-6-8-21(18)23/h5-12,15H,13-14,23H2,1-4H3. The van der Waals surface area contributed by atoms with Gasteiger partial charge in [0.05, 0.1) is 5.57 Å². The summed E-state index contributed by atoms with van der Waals surface area (Å²) in [5.41, 5.74) is 9.16. The molecule has 0 heterocycles. The SMILES string of the molecule is CC(=O)C(=Cc1ccccc1N)C(=O)N(CCN(C)C)c1ccc(C)cc1. The van der Waals surface area contributed by atoms with Gasteiger partial charge in [0.15, 0.2) is 5.78 Å². The Kier molecular flexibility index (Phi) is 6.91. The van der Waals surface area contributed by atoms with Gasteiger partial charge in [0, 0.05) is 24.5 Å². The molecule has 142 valence electrons. The van der Waals surface area contributed by atoms with Gasteiger partial charge in [0.1, 0.15) is 0 Å². The van der Waals surface area contributed by atoms with Gasteiger partial charge >= 0.3 is 0 Å². The highest BCUT2D eigenvalue weighted by Crippen LogP contribution is 2.21. The molecule has 0 aliphatic rings. The number of nitrogen functional groups attached to an aromatic ring is 1. The van der Waals surface area contributed by atoms with Crippen LogP contribution in [-0.4, -0.2) is 43.8 Å². The van der Waals surface area contributed by atoms with E-state index in [1.807, 2.05) is 62.3 Å². The molecule has 5 nitrogen and oxygen atoms in total. The number of para-hydroxylation sites is 1. The molecule has 2 aromatic rings. The first-order valence-corrected chi connectivity index (χ1v) is 8.90. The third-order valence-electron chi connectivity index (χ3n) is 4.27. The molecular formula is C22H27N3O2. The van der Waals surface area contributed by atoms with Crippen LogP contribution in [-0.2, 0) is 9.59 Å². The second-order valence-corrected chi connectivity index (χ2v) is 6.84. The topological polar surface area (TPSA) is 66.6 Å². The predicted octanol–water partition coefficient (Wildman–Crippen LogP) is 3.14. The van der Waals surface area contributed by atoms with E-state index in [-0.39, 0.29) is 17.3 Å². The lowest BCUT2D eigenvalue weighted by atomic mass is 10.0. The Morgan fingerprint density at radius 2 is 1.63 bits per heavy atom. The molecule has 0 aromatic heterocycles. The molecule has 2 aromatic carbocycles. The number of nitrogens with zero attached hydrogens (tertiary/aromatic N) is 2. The number of carbonyl (C=O) groups is 2. The van der Waals surface area contributed by atoms with E-state index < -0.39 is 0 Å². The molecule has 0 radical (unpaired) electrons. The summed E-state index contributed by atoms with van der Waals surface area (Å²) < 4.78 is 0. The monoisotopic (exact) mass is 365 g/mol. The van der Waals surface area contributed by atoms with Crippen molar-refractivity contribution in [3.63, 3.8) is 0 Å². The summed E-state index contributed by atoms with van der Waals surface area (Å²) in [5, 5.41) is 0. The predicted molar refractivity (Wildman–Crippen MR) is 112 cm³/mol. The molecule has 0 spiro atoms. The number of hydrogen-bond acceptors (Lipinski definition) is 4. The molecule has 2 rings (SSSR count). The van der Waals surface area contributed by atoms with Gasteiger partial charge in [-0.15, -0.1) is 0 Å². The summed E-state index contributed by atoms with van der Waals surface area (Å²) >= 11 is 0. The van der Waals surface area contributed by atoms with Crippen LogP contribution in [0.2, 0.25) is 0 Å². The number of benzene rings is 2. The smallest absolute Gasteiger partial charge is 0.261 e. The molecule has 0 saturated carbocycles. The van der Waals surface area contributed by atoms with Crippen molar-refractivity contribution in [2.45, 2.75) is 13.8 Å². The van der Waals surface area contributed by atoms with E-state index >= 15 is 0 Å². The maximum Gasteiger partial charge on any atom is 0.261 e. The number of hydrogen-bond donors (Lipinski definition) is 1. The fourth-order valence-corrected chi connectivity index (χ4v) is 2.63. The van der Waals surface area contributed by atoms with Crippen molar-refractivity contribution in [2.24, 2.45) is 0 Å². The first-order valence-electron chi connectivity index (χ1n) is 8.90. The second kappa shape index (κ2) is 9.14. The molecule has 1 amide bonds. The molecule has 2 N–H and O–H groups in total. The number of rotatable bonds is 7. The van der Waals surface area contributed by atoms with Crippen molar-refractivity contribution in [2.75, 3.05) is 37.8 Å². The van der Waals surface area contributed by atoms with E-state index in [9.17, 15) is 9.59 Å². The average molecular weight is 365 g/mol. The summed E-state index contributed by atoms with van der Waals surface area (Å²) in [6.45, 7) is 4.55. The van der Waals surface area contributed by atoms with Crippen LogP contribution in [0.15, 0.2) is 54.1 Å². The van der Waals surface area contributed by atoms with Gasteiger partial charge in [-0.3, -0.25) is 9.59 Å². The van der Waals surface area contributed by atoms with Crippen LogP contribution in [0.1, 0.15) is 18.1 Å². The van der Waals surface area contributed by atoms with Gasteiger partial charge in [0.2, 0.25) is 0 Å². The molecule has 0 fully saturated rings. The highest BCUT2D eigenvalue weighted by Gasteiger charge is 2.23. The van der Waals surface area contributed by atoms with E-state index in [1.165, 1.54) is 6.92 Å². The minimum absolute atomic E-state index is 0.118. The Morgan fingerprint density at radius 3 is 2.19 bits per heavy atom. The Morgan fingerprint density at radius 1 is 1.00 bits per heavy atom. The molecule has 0 unspecified atom stereocenters. The maximum atomic E-state index is 13.3. The lowest BCUT2D eigenvalue weighted by Gasteiger charge is -2.25. The number of Topliss-reactive ketones (excluding diaryl/α,β-unsaturated/α-hetero) is 1. The quantitative estimate of drug-likeness (QED) is 0.354. The summed E-state index contributed by atoms with van der Waals surface area (Å²) in [6.07, 6.45) is 1.58. The highest BCUT2D eigenvalue weighted by molar-refractivity contribution is 6.26. The van der Waals surface area contributed by atoms with E-state index in [2.05, 4.69) is 0 Å². The Balaban J connectivity index is 2.44. The van der Waals surface area contributed by atoms with Crippen LogP contribution >= 0.6 is 0 Å². The summed E-state index contributed by atoms with van der Waals surface area (Å²) in [4.78, 5) is 29.2. The number of ketones is 1. The van der Waals surface area contributed by atoms with Crippen LogP contribution in [0.5, 0.6) is 0 Å². The van der Waals surface area contributed by atoms with Crippen molar-refractivity contribution >= 4 is 29.1 Å². The van der Waals surface area contributed by atoms with Gasteiger partial charge in [-0.1, -0.05) is 35.9 Å². The van der Waals surface area contributed by atoms with Crippen molar-refractivity contribution in [3.8, 4) is 0 Å². The molecule has 27 heavy (non-hydrogen) atoms. The second-order valence-electron chi connectivity index (χ2n) is 6.84. The zero-order valence-electron chi connectivity index (χ0n) is 16.4. The van der Waals surface area contributed by atoms with E-state index in [4.69, 9.17) is 5.73 Å². The Hall–Kier alpha value is -2.92. The highest BCUT2D eigenvalue weighted by atomic mass is 16.2. The maximum absolute atomic E-state index is 13.3. The molecule has 5 heteroatoms. The van der Waals surface area contributed by atoms with Crippen molar-refractivity contribution < 1.29 is 9.59 Å². The minimum Gasteiger partial charge on any atom is -0.398 e. The van der Waals surface area contributed by atoms with Gasteiger partial charge in [-0.2, -0.15) is 0 Å². The summed E-state index contributed by atoms with van der Waals surface area (Å²) in [7, 11) is 3.90. The molecule has 0 saturated heterocycles. The van der Waals surface area contributed by atoms with E-state index in [0.29, 0.717) is 24.3 Å². The fraction of sp³-hybridized carbons (Fsp3) is 0.273. The zero-order chi connectivity index (χ0) is 20.0. The molecule has 0 aliphatic carbocycles. The molecule has 0 bridgehead atoms. The number of anilines is 2. The number of carbonyl (C=O) groups excluding carboxylic acids is 2. The van der Waals surface area contributed by atoms with Crippen LogP contribution < -0.4 is 10.6 Å². The van der Waals surface area contributed by atoms with E-state index in [0.717, 1.165) is 11.3 Å². The van der Waals surface area contributed by atoms with Crippen LogP contribution in [0.4, 0.5) is 11.4 Å². The van der Waals surface area contributed by atoms with Crippen molar-refractivity contribution in [3.05, 3.63) is 65.2 Å². The minimum atomic E-state index is -0.323. The summed E-state index contributed by atoms with van der Waals surface area (Å²) in [5.74, 6) is -0.610. The largest absolute Gasteiger partial charge is 0.398 e. The molecule has 0 atom stereocenters. The average Bonchev–Trinajstić information content (AvgIpc) is 2.62. The van der Waals surface area contributed by atoms with Crippen molar-refractivity contribution in [1.29, 1.82) is 0 Å². The van der Waals surface area contributed by atoms with Crippen LogP contribution in [0.25, 0.3) is 6.08 Å². The molecular weight excluding hydrogens is 338 g/mol. The lowest BCUT2D eigenvalue weighted by Crippen LogP contribution is -2.38. The van der Waals surface area contributed by atoms with Gasteiger partial charge in [-0.05, 0) is 57.8 Å². The summed E-state index contributed by atoms with van der Waals surface area (Å²) in [6, 6.07) is 14.9. The first-order chi connectivity index (χ1) is 12.8. The van der Waals surface area contributed by atoms with E-state index in [1.54, 1.807) is 23.1 Å². The lowest BCUT2D eigenvalue weighted by molar-refractivity contribution is -0.120.